The molecule has 0 spiro atoms. The quantitative estimate of drug-likeness (QED) is 0.785. The largest absolute Gasteiger partial charge is 0.383 e. The van der Waals surface area contributed by atoms with Crippen molar-refractivity contribution in [1.82, 2.24) is 15.1 Å². The molecule has 1 N–H and O–H groups in total. The summed E-state index contributed by atoms with van der Waals surface area (Å²) < 4.78 is 5.03. The van der Waals surface area contributed by atoms with Gasteiger partial charge in [0.1, 0.15) is 6.07 Å². The van der Waals surface area contributed by atoms with Gasteiger partial charge in [0.25, 0.3) is 0 Å². The number of para-hydroxylation sites is 1. The summed E-state index contributed by atoms with van der Waals surface area (Å²) >= 11 is 0. The van der Waals surface area contributed by atoms with Crippen LogP contribution in [0.3, 0.4) is 0 Å². The van der Waals surface area contributed by atoms with E-state index in [0.717, 1.165) is 5.69 Å². The first-order valence-corrected chi connectivity index (χ1v) is 9.66. The number of nitriles is 1. The Morgan fingerprint density at radius 2 is 2.04 bits per heavy atom. The Kier molecular flexibility index (Phi) is 6.71. The van der Waals surface area contributed by atoms with Crippen LogP contribution in [-0.4, -0.2) is 81.3 Å². The van der Waals surface area contributed by atoms with Gasteiger partial charge in [0, 0.05) is 65.3 Å². The summed E-state index contributed by atoms with van der Waals surface area (Å²) in [5, 5.41) is 12.2. The highest BCUT2D eigenvalue weighted by Gasteiger charge is 2.30. The monoisotopic (exact) mass is 385 g/mol. The summed E-state index contributed by atoms with van der Waals surface area (Å²) in [5.74, 6) is 0.276. The van der Waals surface area contributed by atoms with Crippen LogP contribution in [0.4, 0.5) is 10.5 Å². The standard InChI is InChI=1S/C20H27N5O3/c1-28-11-10-25-15-16(12-19(25)26)14-22-20(27)24-8-6-23(7-9-24)18-5-3-2-4-17(18)13-21/h2-5,16H,6-12,14-15H2,1H3,(H,22,27). The molecule has 2 saturated heterocycles. The lowest BCUT2D eigenvalue weighted by molar-refractivity contribution is -0.128. The van der Waals surface area contributed by atoms with Crippen molar-refractivity contribution in [2.24, 2.45) is 5.92 Å². The molecule has 3 amide bonds. The first-order valence-electron chi connectivity index (χ1n) is 9.66. The predicted molar refractivity (Wildman–Crippen MR) is 105 cm³/mol. The lowest BCUT2D eigenvalue weighted by atomic mass is 10.1. The van der Waals surface area contributed by atoms with E-state index in [1.807, 2.05) is 24.3 Å². The topological polar surface area (TPSA) is 88.9 Å². The number of urea groups is 1. The molecule has 0 aromatic heterocycles. The molecule has 0 aliphatic carbocycles. The minimum atomic E-state index is -0.0870. The van der Waals surface area contributed by atoms with E-state index in [1.54, 1.807) is 16.9 Å². The number of carbonyl (C=O) groups is 2. The van der Waals surface area contributed by atoms with E-state index in [9.17, 15) is 14.9 Å². The average molecular weight is 385 g/mol. The van der Waals surface area contributed by atoms with E-state index in [-0.39, 0.29) is 17.9 Å². The molecule has 1 unspecified atom stereocenters. The van der Waals surface area contributed by atoms with E-state index in [4.69, 9.17) is 4.74 Å². The van der Waals surface area contributed by atoms with Crippen LogP contribution in [0.5, 0.6) is 0 Å². The van der Waals surface area contributed by atoms with Gasteiger partial charge in [-0.3, -0.25) is 4.79 Å². The third kappa shape index (κ3) is 4.73. The first kappa shape index (κ1) is 20.0. The number of hydrogen-bond donors (Lipinski definition) is 1. The number of carbonyl (C=O) groups excluding carboxylic acids is 2. The molecule has 1 aromatic rings. The number of methoxy groups -OCH3 is 1. The molecule has 150 valence electrons. The van der Waals surface area contributed by atoms with Crippen molar-refractivity contribution in [2.75, 3.05) is 64.4 Å². The molecule has 28 heavy (non-hydrogen) atoms. The fourth-order valence-electron chi connectivity index (χ4n) is 3.75. The van der Waals surface area contributed by atoms with Crippen molar-refractivity contribution in [3.05, 3.63) is 29.8 Å². The molecular formula is C20H27N5O3. The van der Waals surface area contributed by atoms with Gasteiger partial charge in [-0.05, 0) is 12.1 Å². The maximum absolute atomic E-state index is 12.5. The highest BCUT2D eigenvalue weighted by molar-refractivity contribution is 5.79. The van der Waals surface area contributed by atoms with Crippen molar-refractivity contribution >= 4 is 17.6 Å². The van der Waals surface area contributed by atoms with Crippen LogP contribution < -0.4 is 10.2 Å². The van der Waals surface area contributed by atoms with Crippen molar-refractivity contribution in [3.63, 3.8) is 0 Å². The lowest BCUT2D eigenvalue weighted by Gasteiger charge is -2.36. The Bertz CT molecular complexity index is 740. The van der Waals surface area contributed by atoms with Gasteiger partial charge >= 0.3 is 6.03 Å². The average Bonchev–Trinajstić information content (AvgIpc) is 3.10. The highest BCUT2D eigenvalue weighted by atomic mass is 16.5. The number of benzene rings is 1. The number of ether oxygens (including phenoxy) is 1. The van der Waals surface area contributed by atoms with Gasteiger partial charge in [-0.1, -0.05) is 12.1 Å². The highest BCUT2D eigenvalue weighted by Crippen LogP contribution is 2.21. The summed E-state index contributed by atoms with van der Waals surface area (Å²) in [7, 11) is 1.62. The first-order chi connectivity index (χ1) is 13.6. The molecule has 1 aromatic carbocycles. The van der Waals surface area contributed by atoms with E-state index in [0.29, 0.717) is 64.4 Å². The van der Waals surface area contributed by atoms with E-state index in [1.165, 1.54) is 0 Å². The Morgan fingerprint density at radius 1 is 1.29 bits per heavy atom. The smallest absolute Gasteiger partial charge is 0.317 e. The van der Waals surface area contributed by atoms with Crippen molar-refractivity contribution in [1.29, 1.82) is 5.26 Å². The van der Waals surface area contributed by atoms with Crippen LogP contribution >= 0.6 is 0 Å². The second-order valence-electron chi connectivity index (χ2n) is 7.19. The molecule has 2 fully saturated rings. The summed E-state index contributed by atoms with van der Waals surface area (Å²) in [5.41, 5.74) is 1.58. The second kappa shape index (κ2) is 9.42. The molecule has 2 aliphatic heterocycles. The summed E-state index contributed by atoms with van der Waals surface area (Å²) in [6.45, 7) is 4.91. The van der Waals surface area contributed by atoms with Gasteiger partial charge in [-0.2, -0.15) is 5.26 Å². The molecule has 0 saturated carbocycles. The molecule has 8 nitrogen and oxygen atoms in total. The molecular weight excluding hydrogens is 358 g/mol. The molecule has 0 bridgehead atoms. The zero-order chi connectivity index (χ0) is 19.9. The number of nitrogens with one attached hydrogen (secondary N) is 1. The Morgan fingerprint density at radius 3 is 2.75 bits per heavy atom. The van der Waals surface area contributed by atoms with Gasteiger partial charge < -0.3 is 24.8 Å². The summed E-state index contributed by atoms with van der Waals surface area (Å²) in [6.07, 6.45) is 0.475. The van der Waals surface area contributed by atoms with Crippen molar-refractivity contribution in [2.45, 2.75) is 6.42 Å². The summed E-state index contributed by atoms with van der Waals surface area (Å²) in [4.78, 5) is 30.2. The molecule has 2 heterocycles. The number of likely N-dealkylation sites (tertiary alicyclic amines) is 1. The number of nitrogens with zero attached hydrogens (tertiary/aromatic N) is 4. The van der Waals surface area contributed by atoms with Crippen LogP contribution in [0.1, 0.15) is 12.0 Å². The normalized spacial score (nSPS) is 19.6. The lowest BCUT2D eigenvalue weighted by Crippen LogP contribution is -2.52. The van der Waals surface area contributed by atoms with Crippen LogP contribution in [0, 0.1) is 17.2 Å². The third-order valence-corrected chi connectivity index (χ3v) is 5.33. The number of anilines is 1. The van der Waals surface area contributed by atoms with Crippen LogP contribution in [0.15, 0.2) is 24.3 Å². The Hall–Kier alpha value is -2.79. The second-order valence-corrected chi connectivity index (χ2v) is 7.19. The van der Waals surface area contributed by atoms with E-state index < -0.39 is 0 Å². The molecule has 0 radical (unpaired) electrons. The SMILES string of the molecule is COCCN1CC(CNC(=O)N2CCN(c3ccccc3C#N)CC2)CC1=O. The van der Waals surface area contributed by atoms with Crippen molar-refractivity contribution < 1.29 is 14.3 Å². The van der Waals surface area contributed by atoms with Crippen LogP contribution in [0.25, 0.3) is 0 Å². The predicted octanol–water partition coefficient (Wildman–Crippen LogP) is 0.885. The van der Waals surface area contributed by atoms with Crippen molar-refractivity contribution in [3.8, 4) is 6.07 Å². The molecule has 8 heteroatoms. The van der Waals surface area contributed by atoms with Gasteiger partial charge in [0.05, 0.1) is 17.9 Å². The molecule has 1 atom stereocenters. The molecule has 2 aliphatic rings. The fourth-order valence-corrected chi connectivity index (χ4v) is 3.75. The number of amides is 3. The molecule has 3 rings (SSSR count). The fraction of sp³-hybridized carbons (Fsp3) is 0.550. The van der Waals surface area contributed by atoms with Gasteiger partial charge in [-0.15, -0.1) is 0 Å². The zero-order valence-corrected chi connectivity index (χ0v) is 16.3. The minimum absolute atomic E-state index is 0.0870. The number of rotatable bonds is 6. The minimum Gasteiger partial charge on any atom is -0.383 e. The number of piperazine rings is 1. The van der Waals surface area contributed by atoms with Gasteiger partial charge in [-0.25, -0.2) is 4.79 Å². The van der Waals surface area contributed by atoms with Gasteiger partial charge in [0.15, 0.2) is 0 Å². The maximum Gasteiger partial charge on any atom is 0.317 e. The van der Waals surface area contributed by atoms with Gasteiger partial charge in [0.2, 0.25) is 5.91 Å². The maximum atomic E-state index is 12.5. The Balaban J connectivity index is 1.43. The van der Waals surface area contributed by atoms with Crippen LogP contribution in [-0.2, 0) is 9.53 Å². The Labute approximate surface area is 165 Å². The zero-order valence-electron chi connectivity index (χ0n) is 16.3. The summed E-state index contributed by atoms with van der Waals surface area (Å²) in [6, 6.07) is 9.68. The van der Waals surface area contributed by atoms with E-state index >= 15 is 0 Å². The van der Waals surface area contributed by atoms with Crippen LogP contribution in [0.2, 0.25) is 0 Å². The number of hydrogen-bond acceptors (Lipinski definition) is 5. The van der Waals surface area contributed by atoms with E-state index in [2.05, 4.69) is 16.3 Å². The third-order valence-electron chi connectivity index (χ3n) is 5.33.